The van der Waals surface area contributed by atoms with E-state index in [1.807, 2.05) is 30.3 Å². The highest BCUT2D eigenvalue weighted by atomic mass is 35.5. The highest BCUT2D eigenvalue weighted by molar-refractivity contribution is 7.71. The molecule has 122 valence electrons. The minimum absolute atomic E-state index is 0.188. The fraction of sp³-hybridized carbons (Fsp3) is 0.250. The summed E-state index contributed by atoms with van der Waals surface area (Å²) in [5.74, 6) is 0.735. The van der Waals surface area contributed by atoms with Gasteiger partial charge in [0.15, 0.2) is 10.6 Å². The lowest BCUT2D eigenvalue weighted by molar-refractivity contribution is 0.122. The van der Waals surface area contributed by atoms with Crippen molar-refractivity contribution in [3.05, 3.63) is 40.4 Å². The molecule has 3 aromatic rings. The van der Waals surface area contributed by atoms with Crippen LogP contribution in [0.3, 0.4) is 0 Å². The molecule has 24 heavy (non-hydrogen) atoms. The van der Waals surface area contributed by atoms with Crippen molar-refractivity contribution in [2.24, 2.45) is 0 Å². The van der Waals surface area contributed by atoms with Gasteiger partial charge in [-0.2, -0.15) is 4.98 Å². The molecule has 0 atom stereocenters. The molecule has 0 saturated carbocycles. The predicted octanol–water partition coefficient (Wildman–Crippen LogP) is 3.24. The van der Waals surface area contributed by atoms with Crippen LogP contribution < -0.4 is 4.90 Å². The summed E-state index contributed by atoms with van der Waals surface area (Å²) in [5, 5.41) is 0.188. The molecule has 0 spiro atoms. The molecule has 8 heteroatoms. The van der Waals surface area contributed by atoms with Crippen LogP contribution in [-0.4, -0.2) is 46.2 Å². The van der Waals surface area contributed by atoms with Gasteiger partial charge in [0.1, 0.15) is 16.7 Å². The predicted molar refractivity (Wildman–Crippen MR) is 96.0 cm³/mol. The number of rotatable bonds is 2. The van der Waals surface area contributed by atoms with Gasteiger partial charge in [-0.05, 0) is 23.8 Å². The summed E-state index contributed by atoms with van der Waals surface area (Å²) >= 11 is 11.5. The second kappa shape index (κ2) is 6.43. The van der Waals surface area contributed by atoms with Crippen LogP contribution in [0.2, 0.25) is 5.28 Å². The van der Waals surface area contributed by atoms with E-state index < -0.39 is 0 Å². The van der Waals surface area contributed by atoms with Crippen LogP contribution in [0.4, 0.5) is 5.82 Å². The molecule has 4 rings (SSSR count). The van der Waals surface area contributed by atoms with Crippen molar-refractivity contribution in [1.82, 2.24) is 19.9 Å². The van der Waals surface area contributed by atoms with Gasteiger partial charge in [-0.3, -0.25) is 0 Å². The molecule has 2 aromatic heterocycles. The monoisotopic (exact) mass is 359 g/mol. The number of halogens is 1. The lowest BCUT2D eigenvalue weighted by Crippen LogP contribution is -2.37. The zero-order valence-corrected chi connectivity index (χ0v) is 14.3. The molecule has 1 aromatic carbocycles. The minimum atomic E-state index is 0.188. The first kappa shape index (κ1) is 15.4. The first-order valence-corrected chi connectivity index (χ1v) is 8.37. The van der Waals surface area contributed by atoms with E-state index in [0.717, 1.165) is 30.0 Å². The van der Waals surface area contributed by atoms with Gasteiger partial charge >= 0.3 is 0 Å². The summed E-state index contributed by atoms with van der Waals surface area (Å²) < 4.78 is 5.81. The Hall–Kier alpha value is -2.09. The van der Waals surface area contributed by atoms with Gasteiger partial charge in [0.05, 0.1) is 13.2 Å². The van der Waals surface area contributed by atoms with Gasteiger partial charge in [-0.25, -0.2) is 9.97 Å². The number of aromatic amines is 1. The van der Waals surface area contributed by atoms with E-state index in [-0.39, 0.29) is 5.28 Å². The van der Waals surface area contributed by atoms with Crippen molar-refractivity contribution in [3.8, 4) is 11.3 Å². The van der Waals surface area contributed by atoms with Crippen LogP contribution in [0.1, 0.15) is 0 Å². The van der Waals surface area contributed by atoms with Gasteiger partial charge in [-0.15, -0.1) is 0 Å². The van der Waals surface area contributed by atoms with E-state index in [1.54, 1.807) is 0 Å². The molecular weight excluding hydrogens is 346 g/mol. The molecule has 0 amide bonds. The van der Waals surface area contributed by atoms with E-state index in [2.05, 4.69) is 24.8 Å². The number of nitrogens with zero attached hydrogens (tertiary/aromatic N) is 4. The summed E-state index contributed by atoms with van der Waals surface area (Å²) in [4.78, 5) is 18.5. The highest BCUT2D eigenvalue weighted by Crippen LogP contribution is 2.30. The van der Waals surface area contributed by atoms with Crippen molar-refractivity contribution < 1.29 is 4.74 Å². The summed E-state index contributed by atoms with van der Waals surface area (Å²) in [6.07, 6.45) is 0. The fourth-order valence-electron chi connectivity index (χ4n) is 2.80. The average Bonchev–Trinajstić information content (AvgIpc) is 2.62. The van der Waals surface area contributed by atoms with Gasteiger partial charge in [0.2, 0.25) is 5.28 Å². The van der Waals surface area contributed by atoms with Crippen molar-refractivity contribution in [2.75, 3.05) is 31.2 Å². The van der Waals surface area contributed by atoms with Crippen molar-refractivity contribution in [2.45, 2.75) is 0 Å². The van der Waals surface area contributed by atoms with Crippen LogP contribution >= 0.6 is 23.8 Å². The maximum Gasteiger partial charge on any atom is 0.225 e. The molecule has 1 fully saturated rings. The van der Waals surface area contributed by atoms with E-state index in [0.29, 0.717) is 29.2 Å². The largest absolute Gasteiger partial charge is 0.378 e. The Morgan fingerprint density at radius 1 is 1.08 bits per heavy atom. The van der Waals surface area contributed by atoms with E-state index in [4.69, 9.17) is 28.6 Å². The first-order chi connectivity index (χ1) is 11.7. The van der Waals surface area contributed by atoms with Gasteiger partial charge in [0, 0.05) is 18.7 Å². The maximum absolute atomic E-state index is 6.19. The van der Waals surface area contributed by atoms with Gasteiger partial charge in [0.25, 0.3) is 0 Å². The lowest BCUT2D eigenvalue weighted by Gasteiger charge is -2.28. The topological polar surface area (TPSA) is 66.9 Å². The number of aromatic nitrogens is 4. The number of fused-ring (bicyclic) bond motifs is 1. The second-order valence-electron chi connectivity index (χ2n) is 5.40. The van der Waals surface area contributed by atoms with Crippen molar-refractivity contribution >= 4 is 40.7 Å². The molecule has 1 aliphatic heterocycles. The Bertz CT molecular complexity index is 940. The number of benzene rings is 1. The fourth-order valence-corrected chi connectivity index (χ4v) is 3.16. The van der Waals surface area contributed by atoms with E-state index in [9.17, 15) is 0 Å². The lowest BCUT2D eigenvalue weighted by atomic mass is 10.1. The van der Waals surface area contributed by atoms with Crippen LogP contribution in [0, 0.1) is 4.77 Å². The Morgan fingerprint density at radius 2 is 1.83 bits per heavy atom. The normalized spacial score (nSPS) is 15.0. The summed E-state index contributed by atoms with van der Waals surface area (Å²) in [5.41, 5.74) is 3.05. The van der Waals surface area contributed by atoms with Crippen LogP contribution in [-0.2, 0) is 4.74 Å². The molecular formula is C16H14ClN5OS. The number of H-pyrrole nitrogens is 1. The molecule has 1 N–H and O–H groups in total. The van der Waals surface area contributed by atoms with Crippen molar-refractivity contribution in [1.29, 1.82) is 0 Å². The molecule has 0 radical (unpaired) electrons. The SMILES string of the molecule is S=c1nc(-c2ccccc2)c2nc(Cl)nc(N3CCOCC3)c2[nH]1. The van der Waals surface area contributed by atoms with Gasteiger partial charge in [-0.1, -0.05) is 30.3 Å². The standard InChI is InChI=1S/C16H14ClN5OS/c17-15-18-12-11(10-4-2-1-3-5-10)19-16(24)20-13(12)14(21-15)22-6-8-23-9-7-22/h1-5H,6-9H2,(H,19,20,24). The molecule has 1 aliphatic rings. The number of morpholine rings is 1. The first-order valence-electron chi connectivity index (χ1n) is 7.58. The Labute approximate surface area is 148 Å². The van der Waals surface area contributed by atoms with Crippen molar-refractivity contribution in [3.63, 3.8) is 0 Å². The maximum atomic E-state index is 6.19. The number of nitrogens with one attached hydrogen (secondary N) is 1. The summed E-state index contributed by atoms with van der Waals surface area (Å²) in [6, 6.07) is 9.81. The molecule has 1 saturated heterocycles. The molecule has 6 nitrogen and oxygen atoms in total. The summed E-state index contributed by atoms with van der Waals surface area (Å²) in [6.45, 7) is 2.79. The average molecular weight is 360 g/mol. The number of hydrogen-bond donors (Lipinski definition) is 1. The third-order valence-electron chi connectivity index (χ3n) is 3.89. The number of hydrogen-bond acceptors (Lipinski definition) is 6. The van der Waals surface area contributed by atoms with Crippen LogP contribution in [0.25, 0.3) is 22.3 Å². The molecule has 0 aliphatic carbocycles. The Morgan fingerprint density at radius 3 is 2.58 bits per heavy atom. The van der Waals surface area contributed by atoms with Crippen LogP contribution in [0.15, 0.2) is 30.3 Å². The highest BCUT2D eigenvalue weighted by Gasteiger charge is 2.20. The number of anilines is 1. The minimum Gasteiger partial charge on any atom is -0.378 e. The summed E-state index contributed by atoms with van der Waals surface area (Å²) in [7, 11) is 0. The van der Waals surface area contributed by atoms with Gasteiger partial charge < -0.3 is 14.6 Å². The smallest absolute Gasteiger partial charge is 0.225 e. The Kier molecular flexibility index (Phi) is 4.13. The third kappa shape index (κ3) is 2.86. The quantitative estimate of drug-likeness (QED) is 0.559. The molecule has 0 unspecified atom stereocenters. The van der Waals surface area contributed by atoms with E-state index >= 15 is 0 Å². The van der Waals surface area contributed by atoms with E-state index in [1.165, 1.54) is 0 Å². The zero-order chi connectivity index (χ0) is 16.5. The second-order valence-corrected chi connectivity index (χ2v) is 6.12. The zero-order valence-electron chi connectivity index (χ0n) is 12.7. The number of ether oxygens (including phenoxy) is 1. The molecule has 0 bridgehead atoms. The van der Waals surface area contributed by atoms with Crippen LogP contribution in [0.5, 0.6) is 0 Å². The Balaban J connectivity index is 1.99. The molecule has 3 heterocycles. The third-order valence-corrected chi connectivity index (χ3v) is 4.25.